The minimum atomic E-state index is -2.78. The van der Waals surface area contributed by atoms with Crippen LogP contribution in [0.15, 0.2) is 4.99 Å². The molecule has 0 aromatic rings. The van der Waals surface area contributed by atoms with E-state index in [1.54, 1.807) is 0 Å². The second-order valence-corrected chi connectivity index (χ2v) is 8.63. The minimum Gasteiger partial charge on any atom is -0.354 e. The van der Waals surface area contributed by atoms with E-state index in [2.05, 4.69) is 10.2 Å². The minimum absolute atomic E-state index is 0. The Hall–Kier alpha value is -0.0500. The molecule has 21 heavy (non-hydrogen) atoms. The van der Waals surface area contributed by atoms with Gasteiger partial charge in [-0.3, -0.25) is 4.99 Å². The van der Waals surface area contributed by atoms with Gasteiger partial charge in [-0.1, -0.05) is 0 Å². The van der Waals surface area contributed by atoms with E-state index in [-0.39, 0.29) is 29.9 Å². The first kappa shape index (κ1) is 17.3. The lowest BCUT2D eigenvalue weighted by molar-refractivity contribution is 0.330. The lowest BCUT2D eigenvalue weighted by atomic mass is 10.1. The molecule has 1 unspecified atom stereocenters. The lowest BCUT2D eigenvalue weighted by Crippen LogP contribution is -2.45. The van der Waals surface area contributed by atoms with Crippen LogP contribution in [0.2, 0.25) is 0 Å². The zero-order chi connectivity index (χ0) is 14.0. The topological polar surface area (TPSA) is 61.8 Å². The number of rotatable bonds is 3. The summed E-state index contributed by atoms with van der Waals surface area (Å²) in [4.78, 5) is 7.09. The second kappa shape index (κ2) is 7.48. The summed E-state index contributed by atoms with van der Waals surface area (Å²) in [5.74, 6) is 1.92. The summed E-state index contributed by atoms with van der Waals surface area (Å²) < 4.78 is 23.0. The van der Waals surface area contributed by atoms with Gasteiger partial charge in [-0.05, 0) is 44.4 Å². The molecule has 3 fully saturated rings. The lowest BCUT2D eigenvalue weighted by Gasteiger charge is -2.30. The van der Waals surface area contributed by atoms with E-state index in [4.69, 9.17) is 4.99 Å². The van der Waals surface area contributed by atoms with Gasteiger partial charge >= 0.3 is 0 Å². The Balaban J connectivity index is 0.00000161. The molecule has 2 heterocycles. The molecule has 1 saturated carbocycles. The molecule has 2 aliphatic heterocycles. The highest BCUT2D eigenvalue weighted by atomic mass is 127. The summed E-state index contributed by atoms with van der Waals surface area (Å²) in [5, 5.41) is 3.53. The molecule has 0 aromatic heterocycles. The maximum Gasteiger partial charge on any atom is 0.194 e. The summed E-state index contributed by atoms with van der Waals surface area (Å²) in [6.07, 6.45) is 7.05. The van der Waals surface area contributed by atoms with Crippen LogP contribution in [0.3, 0.4) is 0 Å². The zero-order valence-electron chi connectivity index (χ0n) is 12.5. The van der Waals surface area contributed by atoms with Crippen molar-refractivity contribution in [1.29, 1.82) is 0 Å². The van der Waals surface area contributed by atoms with E-state index >= 15 is 0 Å². The highest BCUT2D eigenvalue weighted by Gasteiger charge is 2.29. The Morgan fingerprint density at radius 2 is 1.86 bits per heavy atom. The number of hydrogen-bond acceptors (Lipinski definition) is 3. The molecule has 1 aliphatic carbocycles. The number of guanidine groups is 1. The van der Waals surface area contributed by atoms with Crippen LogP contribution in [0.5, 0.6) is 0 Å². The van der Waals surface area contributed by atoms with Crippen molar-refractivity contribution in [2.75, 3.05) is 31.1 Å². The van der Waals surface area contributed by atoms with Gasteiger partial charge in [0.15, 0.2) is 15.8 Å². The Bertz CT molecular complexity index is 471. The SMILES string of the molecule is I.O=S1(=O)CCC(CN=C(NC2CC2)N2CCCCC2)C1. The fraction of sp³-hybridized carbons (Fsp3) is 0.929. The predicted molar refractivity (Wildman–Crippen MR) is 96.1 cm³/mol. The second-order valence-electron chi connectivity index (χ2n) is 6.40. The quantitative estimate of drug-likeness (QED) is 0.423. The van der Waals surface area contributed by atoms with Crippen molar-refractivity contribution in [3.63, 3.8) is 0 Å². The summed E-state index contributed by atoms with van der Waals surface area (Å²) in [7, 11) is -2.78. The number of sulfone groups is 1. The van der Waals surface area contributed by atoms with E-state index in [0.29, 0.717) is 24.1 Å². The number of nitrogens with one attached hydrogen (secondary N) is 1. The molecule has 3 aliphatic rings. The van der Waals surface area contributed by atoms with Crippen LogP contribution in [0.25, 0.3) is 0 Å². The molecule has 0 aromatic carbocycles. The molecular formula is C14H26IN3O2S. The van der Waals surface area contributed by atoms with Gasteiger partial charge < -0.3 is 10.2 Å². The molecule has 0 bridgehead atoms. The third-order valence-corrected chi connectivity index (χ3v) is 6.23. The number of hydrogen-bond donors (Lipinski definition) is 1. The van der Waals surface area contributed by atoms with Gasteiger partial charge in [0.2, 0.25) is 0 Å². The summed E-state index contributed by atoms with van der Waals surface area (Å²) in [6, 6.07) is 0.600. The predicted octanol–water partition coefficient (Wildman–Crippen LogP) is 1.63. The molecule has 3 rings (SSSR count). The van der Waals surface area contributed by atoms with E-state index < -0.39 is 9.84 Å². The zero-order valence-corrected chi connectivity index (χ0v) is 15.6. The number of halogens is 1. The number of likely N-dealkylation sites (tertiary alicyclic amines) is 1. The smallest absolute Gasteiger partial charge is 0.194 e. The molecular weight excluding hydrogens is 401 g/mol. The number of aliphatic imine (C=N–C) groups is 1. The van der Waals surface area contributed by atoms with Gasteiger partial charge in [-0.2, -0.15) is 0 Å². The molecule has 2 saturated heterocycles. The molecule has 122 valence electrons. The average Bonchev–Trinajstić information content (AvgIpc) is 3.19. The summed E-state index contributed by atoms with van der Waals surface area (Å²) in [6.45, 7) is 2.83. The molecule has 7 heteroatoms. The van der Waals surface area contributed by atoms with Crippen molar-refractivity contribution in [3.05, 3.63) is 0 Å². The maximum atomic E-state index is 11.5. The van der Waals surface area contributed by atoms with Gasteiger partial charge in [0, 0.05) is 25.7 Å². The number of piperidine rings is 1. The molecule has 0 spiro atoms. The van der Waals surface area contributed by atoms with Crippen molar-refractivity contribution >= 4 is 39.8 Å². The molecule has 1 atom stereocenters. The van der Waals surface area contributed by atoms with Crippen molar-refractivity contribution in [2.24, 2.45) is 10.9 Å². The van der Waals surface area contributed by atoms with Crippen molar-refractivity contribution < 1.29 is 8.42 Å². The first-order valence-corrected chi connectivity index (χ1v) is 9.71. The van der Waals surface area contributed by atoms with Crippen molar-refractivity contribution in [2.45, 2.75) is 44.6 Å². The standard InChI is InChI=1S/C14H25N3O2S.HI/c18-20(19)9-6-12(11-20)10-15-14(16-13-4-5-13)17-7-2-1-3-8-17;/h12-13H,1-11H2,(H,15,16);1H. The van der Waals surface area contributed by atoms with Crippen LogP contribution in [0.4, 0.5) is 0 Å². The summed E-state index contributed by atoms with van der Waals surface area (Å²) in [5.41, 5.74) is 0. The van der Waals surface area contributed by atoms with E-state index in [1.165, 1.54) is 32.1 Å². The highest BCUT2D eigenvalue weighted by Crippen LogP contribution is 2.21. The van der Waals surface area contributed by atoms with E-state index in [0.717, 1.165) is 25.5 Å². The molecule has 5 nitrogen and oxygen atoms in total. The van der Waals surface area contributed by atoms with Crippen LogP contribution in [0, 0.1) is 5.92 Å². The summed E-state index contributed by atoms with van der Waals surface area (Å²) >= 11 is 0. The third-order valence-electron chi connectivity index (χ3n) is 4.39. The van der Waals surface area contributed by atoms with Crippen LogP contribution in [0.1, 0.15) is 38.5 Å². The van der Waals surface area contributed by atoms with Crippen LogP contribution >= 0.6 is 24.0 Å². The first-order chi connectivity index (χ1) is 9.62. The van der Waals surface area contributed by atoms with Gasteiger partial charge in [0.1, 0.15) is 0 Å². The van der Waals surface area contributed by atoms with E-state index in [9.17, 15) is 8.42 Å². The number of nitrogens with zero attached hydrogens (tertiary/aromatic N) is 2. The highest BCUT2D eigenvalue weighted by molar-refractivity contribution is 14.0. The monoisotopic (exact) mass is 427 g/mol. The maximum absolute atomic E-state index is 11.5. The largest absolute Gasteiger partial charge is 0.354 e. The average molecular weight is 427 g/mol. The normalized spacial score (nSPS) is 29.0. The van der Waals surface area contributed by atoms with Crippen LogP contribution < -0.4 is 5.32 Å². The van der Waals surface area contributed by atoms with Crippen molar-refractivity contribution in [1.82, 2.24) is 10.2 Å². The molecule has 0 radical (unpaired) electrons. The first-order valence-electron chi connectivity index (χ1n) is 7.89. The van der Waals surface area contributed by atoms with Crippen molar-refractivity contribution in [3.8, 4) is 0 Å². The molecule has 1 N–H and O–H groups in total. The fourth-order valence-electron chi connectivity index (χ4n) is 2.98. The Morgan fingerprint density at radius 3 is 2.43 bits per heavy atom. The third kappa shape index (κ3) is 5.26. The van der Waals surface area contributed by atoms with Gasteiger partial charge in [-0.25, -0.2) is 8.42 Å². The Labute approximate surface area is 144 Å². The molecule has 0 amide bonds. The van der Waals surface area contributed by atoms with Gasteiger partial charge in [0.05, 0.1) is 11.5 Å². The van der Waals surface area contributed by atoms with E-state index in [1.807, 2.05) is 0 Å². The fourth-order valence-corrected chi connectivity index (χ4v) is 4.83. The van der Waals surface area contributed by atoms with Gasteiger partial charge in [0.25, 0.3) is 0 Å². The van der Waals surface area contributed by atoms with Gasteiger partial charge in [-0.15, -0.1) is 24.0 Å². The Morgan fingerprint density at radius 1 is 1.14 bits per heavy atom. The Kier molecular flexibility index (Phi) is 6.16. The van der Waals surface area contributed by atoms with Crippen LogP contribution in [-0.4, -0.2) is 56.5 Å². The van der Waals surface area contributed by atoms with Crippen LogP contribution in [-0.2, 0) is 9.84 Å².